The van der Waals surface area contributed by atoms with Crippen LogP contribution in [0.5, 0.6) is 0 Å². The van der Waals surface area contributed by atoms with Crippen LogP contribution in [0.2, 0.25) is 0 Å². The second kappa shape index (κ2) is 7.01. The highest BCUT2D eigenvalue weighted by Crippen LogP contribution is 2.37. The molecule has 1 unspecified atom stereocenters. The lowest BCUT2D eigenvalue weighted by atomic mass is 10.1. The number of aromatic amines is 1. The van der Waals surface area contributed by atoms with Gasteiger partial charge in [0.1, 0.15) is 11.6 Å². The highest BCUT2D eigenvalue weighted by Gasteiger charge is 2.31. The Kier molecular flexibility index (Phi) is 4.20. The summed E-state index contributed by atoms with van der Waals surface area (Å²) in [5.41, 5.74) is 3.09. The molecule has 7 heteroatoms. The molecular weight excluding hydrogens is 366 g/mol. The minimum absolute atomic E-state index is 0.0134. The molecule has 2 aromatic carbocycles. The number of fused-ring (bicyclic) bond motifs is 1. The van der Waals surface area contributed by atoms with Gasteiger partial charge in [0, 0.05) is 18.2 Å². The summed E-state index contributed by atoms with van der Waals surface area (Å²) in [6.07, 6.45) is 1.97. The molecule has 144 valence electrons. The number of nitrogens with one attached hydrogen (secondary N) is 1. The number of nitro groups is 1. The standard InChI is InChI=1S/C22H19N5O2/c28-27(29)18-12-13-20(25-21(18)15-7-2-1-3-8-15)26-14-6-11-19(26)22-23-16-9-4-5-10-17(16)24-22/h1-5,7-10,12-13,19H,6,11,14H2,(H,23,24). The molecule has 3 heterocycles. The maximum Gasteiger partial charge on any atom is 0.295 e. The average molecular weight is 385 g/mol. The van der Waals surface area contributed by atoms with E-state index < -0.39 is 0 Å². The summed E-state index contributed by atoms with van der Waals surface area (Å²) in [6, 6.07) is 20.6. The van der Waals surface area contributed by atoms with E-state index in [1.165, 1.54) is 0 Å². The number of aromatic nitrogens is 3. The molecule has 1 atom stereocenters. The number of hydrogen-bond acceptors (Lipinski definition) is 5. The molecule has 1 N–H and O–H groups in total. The van der Waals surface area contributed by atoms with Crippen LogP contribution < -0.4 is 4.90 Å². The third kappa shape index (κ3) is 3.10. The van der Waals surface area contributed by atoms with Crippen LogP contribution in [0.25, 0.3) is 22.3 Å². The largest absolute Gasteiger partial charge is 0.346 e. The molecule has 1 saturated heterocycles. The summed E-state index contributed by atoms with van der Waals surface area (Å²) in [7, 11) is 0. The van der Waals surface area contributed by atoms with Crippen LogP contribution in [0.3, 0.4) is 0 Å². The van der Waals surface area contributed by atoms with Crippen molar-refractivity contribution in [3.8, 4) is 11.3 Å². The molecule has 0 aliphatic carbocycles. The first-order valence-corrected chi connectivity index (χ1v) is 9.63. The summed E-state index contributed by atoms with van der Waals surface area (Å²) in [5, 5.41) is 11.5. The zero-order valence-electron chi connectivity index (χ0n) is 15.7. The Bertz CT molecular complexity index is 1160. The number of hydrogen-bond donors (Lipinski definition) is 1. The maximum atomic E-state index is 11.5. The predicted molar refractivity (Wildman–Crippen MR) is 112 cm³/mol. The van der Waals surface area contributed by atoms with E-state index in [1.807, 2.05) is 54.6 Å². The number of nitrogens with zero attached hydrogens (tertiary/aromatic N) is 4. The van der Waals surface area contributed by atoms with Crippen LogP contribution in [0.1, 0.15) is 24.7 Å². The summed E-state index contributed by atoms with van der Waals surface area (Å²) < 4.78 is 0. The molecule has 0 saturated carbocycles. The topological polar surface area (TPSA) is 88.0 Å². The predicted octanol–water partition coefficient (Wildman–Crippen LogP) is 4.87. The van der Waals surface area contributed by atoms with Gasteiger partial charge in [-0.05, 0) is 31.0 Å². The average Bonchev–Trinajstić information content (AvgIpc) is 3.40. The van der Waals surface area contributed by atoms with Crippen molar-refractivity contribution in [3.05, 3.63) is 82.7 Å². The molecule has 29 heavy (non-hydrogen) atoms. The summed E-state index contributed by atoms with van der Waals surface area (Å²) in [5.74, 6) is 1.64. The van der Waals surface area contributed by atoms with Gasteiger partial charge in [-0.15, -0.1) is 0 Å². The maximum absolute atomic E-state index is 11.5. The normalized spacial score (nSPS) is 16.4. The number of para-hydroxylation sites is 2. The monoisotopic (exact) mass is 385 g/mol. The van der Waals surface area contributed by atoms with Gasteiger partial charge in [-0.25, -0.2) is 9.97 Å². The summed E-state index contributed by atoms with van der Waals surface area (Å²) in [6.45, 7) is 0.834. The van der Waals surface area contributed by atoms with Crippen molar-refractivity contribution < 1.29 is 4.92 Å². The molecule has 2 aromatic heterocycles. The van der Waals surface area contributed by atoms with E-state index in [-0.39, 0.29) is 16.7 Å². The van der Waals surface area contributed by atoms with Gasteiger partial charge in [-0.2, -0.15) is 0 Å². The molecule has 7 nitrogen and oxygen atoms in total. The Balaban J connectivity index is 1.56. The first-order valence-electron chi connectivity index (χ1n) is 9.63. The third-order valence-corrected chi connectivity index (χ3v) is 5.37. The molecule has 4 aromatic rings. The molecule has 0 bridgehead atoms. The second-order valence-electron chi connectivity index (χ2n) is 7.15. The van der Waals surface area contributed by atoms with E-state index in [9.17, 15) is 10.1 Å². The Morgan fingerprint density at radius 3 is 2.59 bits per heavy atom. The summed E-state index contributed by atoms with van der Waals surface area (Å²) in [4.78, 5) is 26.3. The van der Waals surface area contributed by atoms with Gasteiger partial charge in [-0.1, -0.05) is 42.5 Å². The molecule has 0 radical (unpaired) electrons. The number of H-pyrrole nitrogens is 1. The van der Waals surface area contributed by atoms with Gasteiger partial charge in [0.2, 0.25) is 0 Å². The third-order valence-electron chi connectivity index (χ3n) is 5.37. The Hall–Kier alpha value is -3.74. The minimum Gasteiger partial charge on any atom is -0.346 e. The smallest absolute Gasteiger partial charge is 0.295 e. The fourth-order valence-electron chi connectivity index (χ4n) is 4.01. The van der Waals surface area contributed by atoms with E-state index in [2.05, 4.69) is 9.88 Å². The van der Waals surface area contributed by atoms with E-state index in [4.69, 9.17) is 9.97 Å². The van der Waals surface area contributed by atoms with Gasteiger partial charge >= 0.3 is 0 Å². The number of imidazole rings is 1. The number of pyridine rings is 1. The Labute approximate surface area is 167 Å². The Morgan fingerprint density at radius 2 is 1.79 bits per heavy atom. The first kappa shape index (κ1) is 17.4. The SMILES string of the molecule is O=[N+]([O-])c1ccc(N2CCCC2c2nc3ccccc3[nH]2)nc1-c1ccccc1. The van der Waals surface area contributed by atoms with Gasteiger partial charge in [0.05, 0.1) is 22.0 Å². The number of rotatable bonds is 4. The highest BCUT2D eigenvalue weighted by atomic mass is 16.6. The molecule has 0 amide bonds. The van der Waals surface area contributed by atoms with E-state index in [0.29, 0.717) is 5.69 Å². The van der Waals surface area contributed by atoms with Gasteiger partial charge in [0.15, 0.2) is 5.69 Å². The van der Waals surface area contributed by atoms with Crippen molar-refractivity contribution >= 4 is 22.5 Å². The Morgan fingerprint density at radius 1 is 1.00 bits per heavy atom. The molecule has 1 fully saturated rings. The zero-order chi connectivity index (χ0) is 19.8. The quantitative estimate of drug-likeness (QED) is 0.400. The van der Waals surface area contributed by atoms with Gasteiger partial charge in [0.25, 0.3) is 5.69 Å². The van der Waals surface area contributed by atoms with E-state index >= 15 is 0 Å². The second-order valence-corrected chi connectivity index (χ2v) is 7.15. The molecular formula is C22H19N5O2. The van der Waals surface area contributed by atoms with E-state index in [1.54, 1.807) is 12.1 Å². The van der Waals surface area contributed by atoms with Crippen LogP contribution in [-0.2, 0) is 0 Å². The highest BCUT2D eigenvalue weighted by molar-refractivity contribution is 5.75. The minimum atomic E-state index is -0.375. The van der Waals surface area contributed by atoms with Crippen molar-refractivity contribution in [2.24, 2.45) is 0 Å². The fraction of sp³-hybridized carbons (Fsp3) is 0.182. The first-order chi connectivity index (χ1) is 14.2. The van der Waals surface area contributed by atoms with Crippen LogP contribution in [0, 0.1) is 10.1 Å². The number of anilines is 1. The van der Waals surface area contributed by atoms with Gasteiger partial charge < -0.3 is 9.88 Å². The van der Waals surface area contributed by atoms with Crippen LogP contribution in [0.4, 0.5) is 11.5 Å². The molecule has 1 aliphatic rings. The van der Waals surface area contributed by atoms with Crippen LogP contribution >= 0.6 is 0 Å². The van der Waals surface area contributed by atoms with Crippen molar-refractivity contribution in [2.75, 3.05) is 11.4 Å². The number of benzene rings is 2. The summed E-state index contributed by atoms with van der Waals surface area (Å²) >= 11 is 0. The lowest BCUT2D eigenvalue weighted by Crippen LogP contribution is -2.24. The van der Waals surface area contributed by atoms with Crippen molar-refractivity contribution in [2.45, 2.75) is 18.9 Å². The molecule has 0 spiro atoms. The zero-order valence-corrected chi connectivity index (χ0v) is 15.7. The lowest BCUT2D eigenvalue weighted by molar-refractivity contribution is -0.384. The van der Waals surface area contributed by atoms with Crippen molar-refractivity contribution in [1.29, 1.82) is 0 Å². The van der Waals surface area contributed by atoms with Crippen LogP contribution in [0.15, 0.2) is 66.7 Å². The van der Waals surface area contributed by atoms with Crippen LogP contribution in [-0.4, -0.2) is 26.4 Å². The fourth-order valence-corrected chi connectivity index (χ4v) is 4.01. The van der Waals surface area contributed by atoms with Crippen molar-refractivity contribution in [1.82, 2.24) is 15.0 Å². The van der Waals surface area contributed by atoms with E-state index in [0.717, 1.165) is 47.6 Å². The lowest BCUT2D eigenvalue weighted by Gasteiger charge is -2.24. The molecule has 1 aliphatic heterocycles. The van der Waals surface area contributed by atoms with Gasteiger partial charge in [-0.3, -0.25) is 10.1 Å². The molecule has 5 rings (SSSR count). The van der Waals surface area contributed by atoms with Crippen molar-refractivity contribution in [3.63, 3.8) is 0 Å².